The van der Waals surface area contributed by atoms with Gasteiger partial charge in [0.15, 0.2) is 0 Å². The van der Waals surface area contributed by atoms with E-state index in [0.29, 0.717) is 6.54 Å². The number of likely N-dealkylation sites (N-methyl/N-ethyl adjacent to an activating group) is 1. The van der Waals surface area contributed by atoms with Gasteiger partial charge in [0, 0.05) is 31.4 Å². The minimum atomic E-state index is -0.184. The summed E-state index contributed by atoms with van der Waals surface area (Å²) in [6.45, 7) is 6.25. The number of imidazole rings is 1. The molecule has 1 N–H and O–H groups in total. The smallest absolute Gasteiger partial charge is 0.311 e. The summed E-state index contributed by atoms with van der Waals surface area (Å²) in [5.41, 5.74) is 2.73. The molecule has 3 aromatic rings. The van der Waals surface area contributed by atoms with Crippen molar-refractivity contribution in [1.82, 2.24) is 14.5 Å². The molecule has 1 amide bonds. The summed E-state index contributed by atoms with van der Waals surface area (Å²) in [5.74, 6) is 0.126. The van der Waals surface area contributed by atoms with E-state index in [2.05, 4.69) is 9.88 Å². The van der Waals surface area contributed by atoms with Crippen LogP contribution in [0.25, 0.3) is 11.0 Å². The fourth-order valence-electron chi connectivity index (χ4n) is 4.42. The number of rotatable bonds is 5. The van der Waals surface area contributed by atoms with Crippen LogP contribution in [0.1, 0.15) is 32.7 Å². The third kappa shape index (κ3) is 3.72. The van der Waals surface area contributed by atoms with Crippen molar-refractivity contribution in [2.24, 2.45) is 0 Å². The Morgan fingerprint density at radius 1 is 1.10 bits per heavy atom. The number of hydrogen-bond donors (Lipinski definition) is 1. The average Bonchev–Trinajstić information content (AvgIpc) is 3.10. The number of nitrogens with one attached hydrogen (secondary N) is 1. The molecule has 2 aromatic carbocycles. The van der Waals surface area contributed by atoms with Crippen molar-refractivity contribution >= 4 is 22.6 Å². The number of aromatic nitrogens is 2. The predicted molar refractivity (Wildman–Crippen MR) is 116 cm³/mol. The van der Waals surface area contributed by atoms with E-state index in [1.807, 2.05) is 77.9 Å². The molecule has 1 aliphatic heterocycles. The fraction of sp³-hybridized carbons (Fsp3) is 0.391. The predicted octanol–water partition coefficient (Wildman–Crippen LogP) is 3.41. The van der Waals surface area contributed by atoms with Crippen molar-refractivity contribution in [1.29, 1.82) is 0 Å². The largest absolute Gasteiger partial charge is 0.326 e. The Morgan fingerprint density at radius 3 is 2.45 bits per heavy atom. The van der Waals surface area contributed by atoms with Crippen molar-refractivity contribution in [3.8, 4) is 0 Å². The van der Waals surface area contributed by atoms with Crippen LogP contribution in [0.5, 0.6) is 0 Å². The van der Waals surface area contributed by atoms with Gasteiger partial charge in [0.2, 0.25) is 5.91 Å². The fourth-order valence-corrected chi connectivity index (χ4v) is 4.42. The molecule has 1 unspecified atom stereocenters. The summed E-state index contributed by atoms with van der Waals surface area (Å²) in [6.07, 6.45) is 1.72. The number of para-hydroxylation sites is 3. The van der Waals surface area contributed by atoms with Crippen LogP contribution < -0.4 is 10.6 Å². The number of piperidine rings is 1. The summed E-state index contributed by atoms with van der Waals surface area (Å²) in [4.78, 5) is 32.7. The Labute approximate surface area is 170 Å². The van der Waals surface area contributed by atoms with Crippen LogP contribution >= 0.6 is 0 Å². The lowest BCUT2D eigenvalue weighted by atomic mass is 10.0. The summed E-state index contributed by atoms with van der Waals surface area (Å²) in [7, 11) is 0. The molecule has 152 valence electrons. The number of carbonyl (C=O) groups excluding carboxylic acids is 1. The van der Waals surface area contributed by atoms with Crippen LogP contribution in [0.4, 0.5) is 5.69 Å². The Morgan fingerprint density at radius 2 is 1.76 bits per heavy atom. The van der Waals surface area contributed by atoms with Gasteiger partial charge in [0.1, 0.15) is 0 Å². The second-order valence-corrected chi connectivity index (χ2v) is 7.68. The van der Waals surface area contributed by atoms with Crippen LogP contribution in [0.15, 0.2) is 59.4 Å². The lowest BCUT2D eigenvalue weighted by Crippen LogP contribution is -2.50. The first kappa shape index (κ1) is 19.5. The SMILES string of the molecule is CCN(C(=O)C(C)N1CCC(n2c(=O)[nH]c3ccccc32)CC1)c1ccccc1. The number of carbonyl (C=O) groups is 1. The molecule has 1 fully saturated rings. The summed E-state index contributed by atoms with van der Waals surface area (Å²) >= 11 is 0. The number of hydrogen-bond acceptors (Lipinski definition) is 3. The van der Waals surface area contributed by atoms with Crippen LogP contribution in [0, 0.1) is 0 Å². The second kappa shape index (κ2) is 8.25. The van der Waals surface area contributed by atoms with Crippen molar-refractivity contribution in [2.45, 2.75) is 38.8 Å². The Bertz CT molecular complexity index is 1030. The van der Waals surface area contributed by atoms with E-state index in [-0.39, 0.29) is 23.7 Å². The van der Waals surface area contributed by atoms with E-state index in [1.165, 1.54) is 0 Å². The number of likely N-dealkylation sites (tertiary alicyclic amines) is 1. The first-order valence-electron chi connectivity index (χ1n) is 10.4. The van der Waals surface area contributed by atoms with Gasteiger partial charge in [-0.2, -0.15) is 0 Å². The Hall–Kier alpha value is -2.86. The van der Waals surface area contributed by atoms with Gasteiger partial charge in [-0.05, 0) is 51.0 Å². The molecule has 1 atom stereocenters. The molecule has 1 aromatic heterocycles. The highest BCUT2D eigenvalue weighted by Gasteiger charge is 2.31. The lowest BCUT2D eigenvalue weighted by Gasteiger charge is -2.37. The van der Waals surface area contributed by atoms with Crippen molar-refractivity contribution in [3.63, 3.8) is 0 Å². The van der Waals surface area contributed by atoms with Gasteiger partial charge in [-0.15, -0.1) is 0 Å². The van der Waals surface area contributed by atoms with Gasteiger partial charge in [0.25, 0.3) is 0 Å². The molecule has 1 saturated heterocycles. The van der Waals surface area contributed by atoms with Crippen LogP contribution in [0.2, 0.25) is 0 Å². The average molecular weight is 393 g/mol. The maximum atomic E-state index is 13.1. The van der Waals surface area contributed by atoms with Crippen molar-refractivity contribution < 1.29 is 4.79 Å². The highest BCUT2D eigenvalue weighted by atomic mass is 16.2. The van der Waals surface area contributed by atoms with Gasteiger partial charge >= 0.3 is 5.69 Å². The van der Waals surface area contributed by atoms with Gasteiger partial charge in [-0.1, -0.05) is 30.3 Å². The number of aromatic amines is 1. The highest BCUT2D eigenvalue weighted by molar-refractivity contribution is 5.96. The summed E-state index contributed by atoms with van der Waals surface area (Å²) in [5, 5.41) is 0. The van der Waals surface area contributed by atoms with Crippen LogP contribution in [-0.2, 0) is 4.79 Å². The molecule has 29 heavy (non-hydrogen) atoms. The number of nitrogens with zero attached hydrogens (tertiary/aromatic N) is 3. The standard InChI is InChI=1S/C23H28N4O2/c1-3-26(18-9-5-4-6-10-18)22(28)17(2)25-15-13-19(14-16-25)27-21-12-8-7-11-20(21)24-23(27)29/h4-12,17,19H,3,13-16H2,1-2H3,(H,24,29). The first-order chi connectivity index (χ1) is 14.1. The molecule has 0 spiro atoms. The molecule has 6 nitrogen and oxygen atoms in total. The van der Waals surface area contributed by atoms with Gasteiger partial charge in [-0.3, -0.25) is 14.3 Å². The first-order valence-corrected chi connectivity index (χ1v) is 10.4. The molecule has 0 radical (unpaired) electrons. The highest BCUT2D eigenvalue weighted by Crippen LogP contribution is 2.26. The number of anilines is 1. The van der Waals surface area contributed by atoms with E-state index in [9.17, 15) is 9.59 Å². The molecular weight excluding hydrogens is 364 g/mol. The topological polar surface area (TPSA) is 61.3 Å². The van der Waals surface area contributed by atoms with E-state index >= 15 is 0 Å². The zero-order valence-electron chi connectivity index (χ0n) is 17.0. The zero-order chi connectivity index (χ0) is 20.4. The Kier molecular flexibility index (Phi) is 5.53. The van der Waals surface area contributed by atoms with Crippen LogP contribution in [-0.4, -0.2) is 46.0 Å². The third-order valence-corrected chi connectivity index (χ3v) is 6.04. The Balaban J connectivity index is 1.45. The molecule has 1 aliphatic rings. The minimum Gasteiger partial charge on any atom is -0.311 e. The number of amides is 1. The summed E-state index contributed by atoms with van der Waals surface area (Å²) in [6, 6.07) is 17.6. The van der Waals surface area contributed by atoms with E-state index in [1.54, 1.807) is 0 Å². The maximum Gasteiger partial charge on any atom is 0.326 e. The van der Waals surface area contributed by atoms with Gasteiger partial charge in [-0.25, -0.2) is 4.79 Å². The van der Waals surface area contributed by atoms with Gasteiger partial charge < -0.3 is 9.88 Å². The number of H-pyrrole nitrogens is 1. The molecular formula is C23H28N4O2. The molecule has 0 saturated carbocycles. The van der Waals surface area contributed by atoms with Crippen molar-refractivity contribution in [3.05, 3.63) is 65.1 Å². The monoisotopic (exact) mass is 392 g/mol. The van der Waals surface area contributed by atoms with Gasteiger partial charge in [0.05, 0.1) is 17.1 Å². The quantitative estimate of drug-likeness (QED) is 0.724. The molecule has 0 bridgehead atoms. The molecule has 0 aliphatic carbocycles. The van der Waals surface area contributed by atoms with Crippen LogP contribution in [0.3, 0.4) is 0 Å². The molecule has 4 rings (SSSR count). The molecule has 6 heteroatoms. The number of fused-ring (bicyclic) bond motifs is 1. The second-order valence-electron chi connectivity index (χ2n) is 7.68. The van der Waals surface area contributed by atoms with E-state index in [0.717, 1.165) is 42.7 Å². The molecule has 2 heterocycles. The lowest BCUT2D eigenvalue weighted by molar-refractivity contribution is -0.123. The normalized spacial score (nSPS) is 16.8. The van der Waals surface area contributed by atoms with E-state index in [4.69, 9.17) is 0 Å². The zero-order valence-corrected chi connectivity index (χ0v) is 17.0. The van der Waals surface area contributed by atoms with Crippen molar-refractivity contribution in [2.75, 3.05) is 24.5 Å². The van der Waals surface area contributed by atoms with E-state index < -0.39 is 0 Å². The summed E-state index contributed by atoms with van der Waals surface area (Å²) < 4.78 is 1.89. The third-order valence-electron chi connectivity index (χ3n) is 6.04. The number of benzene rings is 2. The maximum absolute atomic E-state index is 13.1. The minimum absolute atomic E-state index is 0.0463.